The first-order valence-corrected chi connectivity index (χ1v) is 7.93. The van der Waals surface area contributed by atoms with E-state index in [0.29, 0.717) is 4.43 Å². The van der Waals surface area contributed by atoms with Gasteiger partial charge < -0.3 is 14.2 Å². The van der Waals surface area contributed by atoms with Gasteiger partial charge in [0, 0.05) is 4.43 Å². The Morgan fingerprint density at radius 1 is 1.38 bits per heavy atom. The maximum atomic E-state index is 13.5. The summed E-state index contributed by atoms with van der Waals surface area (Å²) < 4.78 is 32.4. The molecule has 2 aliphatic rings. The van der Waals surface area contributed by atoms with Crippen LogP contribution in [0.5, 0.6) is 0 Å². The highest BCUT2D eigenvalue weighted by Crippen LogP contribution is 2.42. The Hall–Kier alpha value is -0.780. The van der Waals surface area contributed by atoms with Crippen molar-refractivity contribution in [2.45, 2.75) is 44.2 Å². The maximum Gasteiger partial charge on any atom is 0.330 e. The lowest BCUT2D eigenvalue weighted by atomic mass is 10.1. The van der Waals surface area contributed by atoms with E-state index >= 15 is 0 Å². The number of halogens is 2. The molecule has 116 valence electrons. The maximum absolute atomic E-state index is 13.5. The molecule has 0 unspecified atom stereocenters. The number of hydrogen-bond donors (Lipinski definition) is 1. The summed E-state index contributed by atoms with van der Waals surface area (Å²) in [4.78, 5) is 24.9. The standard InChI is InChI=1S/C12H14FIN2O5/c1-12(2)20-7-6(3-14)19-10(8(7)21-12)16-4-5(13)9(17)15-11(16)18/h4,6-8,10H,3H2,1-2H3,(H,15,17,18)/t6-,7+,8-,10+/m0/s1. The van der Waals surface area contributed by atoms with Crippen LogP contribution in [0.3, 0.4) is 0 Å². The fourth-order valence-corrected chi connectivity index (χ4v) is 3.37. The van der Waals surface area contributed by atoms with E-state index in [1.54, 1.807) is 13.8 Å². The van der Waals surface area contributed by atoms with Crippen LogP contribution in [-0.4, -0.2) is 38.1 Å². The van der Waals surface area contributed by atoms with E-state index in [4.69, 9.17) is 14.2 Å². The molecule has 0 aromatic carbocycles. The van der Waals surface area contributed by atoms with Crippen LogP contribution < -0.4 is 11.2 Å². The molecule has 2 aliphatic heterocycles. The van der Waals surface area contributed by atoms with Gasteiger partial charge in [0.15, 0.2) is 12.0 Å². The van der Waals surface area contributed by atoms with Gasteiger partial charge in [-0.1, -0.05) is 22.6 Å². The van der Waals surface area contributed by atoms with Crippen LogP contribution in [0.25, 0.3) is 0 Å². The minimum atomic E-state index is -1.06. The number of ether oxygens (including phenoxy) is 3. The number of aromatic nitrogens is 2. The summed E-state index contributed by atoms with van der Waals surface area (Å²) in [5.74, 6) is -1.85. The van der Waals surface area contributed by atoms with Gasteiger partial charge in [-0.3, -0.25) is 14.3 Å². The van der Waals surface area contributed by atoms with Gasteiger partial charge in [-0.05, 0) is 13.8 Å². The minimum Gasteiger partial charge on any atom is -0.348 e. The molecule has 2 fully saturated rings. The van der Waals surface area contributed by atoms with Crippen LogP contribution in [0.15, 0.2) is 15.8 Å². The van der Waals surface area contributed by atoms with Crippen LogP contribution in [-0.2, 0) is 14.2 Å². The first-order valence-electron chi connectivity index (χ1n) is 6.40. The molecule has 0 amide bonds. The molecule has 0 saturated carbocycles. The first-order chi connectivity index (χ1) is 9.82. The van der Waals surface area contributed by atoms with Crippen molar-refractivity contribution in [1.29, 1.82) is 0 Å². The second-order valence-electron chi connectivity index (χ2n) is 5.43. The molecule has 0 bridgehead atoms. The number of H-pyrrole nitrogens is 1. The highest BCUT2D eigenvalue weighted by molar-refractivity contribution is 14.1. The molecular weight excluding hydrogens is 398 g/mol. The number of rotatable bonds is 2. The third-order valence-electron chi connectivity index (χ3n) is 3.48. The summed E-state index contributed by atoms with van der Waals surface area (Å²) in [5.41, 5.74) is -1.80. The third-order valence-corrected chi connectivity index (χ3v) is 4.34. The fraction of sp³-hybridized carbons (Fsp3) is 0.667. The van der Waals surface area contributed by atoms with Gasteiger partial charge in [-0.15, -0.1) is 0 Å². The van der Waals surface area contributed by atoms with Crippen molar-refractivity contribution in [3.05, 3.63) is 32.9 Å². The van der Waals surface area contributed by atoms with Gasteiger partial charge >= 0.3 is 5.69 Å². The fourth-order valence-electron chi connectivity index (χ4n) is 2.66. The molecule has 0 spiro atoms. The van der Waals surface area contributed by atoms with E-state index in [9.17, 15) is 14.0 Å². The summed E-state index contributed by atoms with van der Waals surface area (Å²) >= 11 is 2.15. The summed E-state index contributed by atoms with van der Waals surface area (Å²) in [7, 11) is 0. The predicted molar refractivity (Wildman–Crippen MR) is 77.9 cm³/mol. The molecule has 4 atom stereocenters. The molecule has 3 heterocycles. The Morgan fingerprint density at radius 3 is 2.71 bits per heavy atom. The SMILES string of the molecule is CC1(C)O[C@H]2[C@H](O1)[C@H](n1cc(F)c(=O)[nH]c1=O)O[C@H]2CI. The molecule has 9 heteroatoms. The zero-order valence-electron chi connectivity index (χ0n) is 11.3. The molecule has 21 heavy (non-hydrogen) atoms. The molecule has 7 nitrogen and oxygen atoms in total. The molecule has 0 radical (unpaired) electrons. The van der Waals surface area contributed by atoms with Crippen molar-refractivity contribution in [3.8, 4) is 0 Å². The third kappa shape index (κ3) is 2.56. The van der Waals surface area contributed by atoms with E-state index in [2.05, 4.69) is 22.6 Å². The second-order valence-corrected chi connectivity index (χ2v) is 6.31. The normalized spacial score (nSPS) is 34.1. The van der Waals surface area contributed by atoms with Gasteiger partial charge in [-0.2, -0.15) is 4.39 Å². The first kappa shape index (κ1) is 15.1. The average molecular weight is 412 g/mol. The lowest BCUT2D eigenvalue weighted by Crippen LogP contribution is -2.38. The van der Waals surface area contributed by atoms with Gasteiger partial charge in [-0.25, -0.2) is 4.79 Å². The number of nitrogens with zero attached hydrogens (tertiary/aromatic N) is 1. The van der Waals surface area contributed by atoms with Gasteiger partial charge in [0.25, 0.3) is 5.56 Å². The van der Waals surface area contributed by atoms with Crippen molar-refractivity contribution < 1.29 is 18.6 Å². The van der Waals surface area contributed by atoms with Gasteiger partial charge in [0.2, 0.25) is 5.82 Å². The molecular formula is C12H14FIN2O5. The number of aromatic amines is 1. The highest BCUT2D eigenvalue weighted by atomic mass is 127. The van der Waals surface area contributed by atoms with Crippen LogP contribution in [0.4, 0.5) is 4.39 Å². The van der Waals surface area contributed by atoms with E-state index in [1.165, 1.54) is 0 Å². The van der Waals surface area contributed by atoms with E-state index in [1.807, 2.05) is 4.98 Å². The molecule has 3 rings (SSSR count). The van der Waals surface area contributed by atoms with Crippen molar-refractivity contribution in [2.24, 2.45) is 0 Å². The van der Waals surface area contributed by atoms with Gasteiger partial charge in [0.1, 0.15) is 12.2 Å². The van der Waals surface area contributed by atoms with Gasteiger partial charge in [0.05, 0.1) is 12.3 Å². The van der Waals surface area contributed by atoms with Crippen molar-refractivity contribution in [3.63, 3.8) is 0 Å². The second kappa shape index (κ2) is 5.14. The quantitative estimate of drug-likeness (QED) is 0.566. The number of fused-ring (bicyclic) bond motifs is 1. The van der Waals surface area contributed by atoms with E-state index < -0.39 is 35.2 Å². The highest BCUT2D eigenvalue weighted by Gasteiger charge is 2.55. The number of alkyl halides is 1. The minimum absolute atomic E-state index is 0.274. The average Bonchev–Trinajstić information content (AvgIpc) is 2.87. The monoisotopic (exact) mass is 412 g/mol. The molecule has 0 aliphatic carbocycles. The predicted octanol–water partition coefficient (Wildman–Crippen LogP) is 0.528. The van der Waals surface area contributed by atoms with Crippen molar-refractivity contribution in [2.75, 3.05) is 4.43 Å². The molecule has 1 aromatic rings. The molecule has 2 saturated heterocycles. The Labute approximate surface area is 132 Å². The van der Waals surface area contributed by atoms with Crippen molar-refractivity contribution in [1.82, 2.24) is 9.55 Å². The van der Waals surface area contributed by atoms with E-state index in [-0.39, 0.29) is 12.2 Å². The number of nitrogens with one attached hydrogen (secondary N) is 1. The Bertz CT molecular complexity index is 672. The number of hydrogen-bond acceptors (Lipinski definition) is 5. The van der Waals surface area contributed by atoms with Crippen LogP contribution >= 0.6 is 22.6 Å². The summed E-state index contributed by atoms with van der Waals surface area (Å²) in [6.07, 6.45) is -1.15. The summed E-state index contributed by atoms with van der Waals surface area (Å²) in [5, 5.41) is 0. The smallest absolute Gasteiger partial charge is 0.330 e. The Balaban J connectivity index is 2.01. The zero-order valence-corrected chi connectivity index (χ0v) is 13.5. The molecule has 1 aromatic heterocycles. The summed E-state index contributed by atoms with van der Waals surface area (Å²) in [6, 6.07) is 0. The Morgan fingerprint density at radius 2 is 2.05 bits per heavy atom. The molecule has 1 N–H and O–H groups in total. The van der Waals surface area contributed by atoms with Crippen molar-refractivity contribution >= 4 is 22.6 Å². The lowest BCUT2D eigenvalue weighted by Gasteiger charge is -2.24. The largest absolute Gasteiger partial charge is 0.348 e. The lowest BCUT2D eigenvalue weighted by molar-refractivity contribution is -0.194. The van der Waals surface area contributed by atoms with Crippen LogP contribution in [0, 0.1) is 5.82 Å². The Kier molecular flexibility index (Phi) is 3.71. The van der Waals surface area contributed by atoms with Crippen LogP contribution in [0.1, 0.15) is 20.1 Å². The summed E-state index contributed by atoms with van der Waals surface area (Å²) in [6.45, 7) is 3.53. The topological polar surface area (TPSA) is 82.5 Å². The van der Waals surface area contributed by atoms with Crippen LogP contribution in [0.2, 0.25) is 0 Å². The zero-order chi connectivity index (χ0) is 15.4. The van der Waals surface area contributed by atoms with E-state index in [0.717, 1.165) is 10.8 Å².